The maximum absolute atomic E-state index is 13.3. The number of benzene rings is 2. The largest absolute Gasteiger partial charge is 0.459 e. The van der Waals surface area contributed by atoms with Crippen molar-refractivity contribution in [2.45, 2.75) is 30.6 Å². The van der Waals surface area contributed by atoms with E-state index in [0.29, 0.717) is 43.9 Å². The third-order valence-electron chi connectivity index (χ3n) is 6.66. The van der Waals surface area contributed by atoms with Gasteiger partial charge in [-0.2, -0.15) is 0 Å². The molecule has 0 spiro atoms. The second-order valence-corrected chi connectivity index (χ2v) is 10.7. The molecule has 1 N–H and O–H groups in total. The van der Waals surface area contributed by atoms with Gasteiger partial charge in [-0.05, 0) is 73.7 Å². The summed E-state index contributed by atoms with van der Waals surface area (Å²) in [6.45, 7) is 1.40. The van der Waals surface area contributed by atoms with Gasteiger partial charge in [-0.15, -0.1) is 0 Å². The van der Waals surface area contributed by atoms with Crippen LogP contribution in [-0.2, 0) is 21.2 Å². The number of sulfonamides is 1. The Morgan fingerprint density at radius 3 is 2.37 bits per heavy atom. The maximum Gasteiger partial charge on any atom is 0.289 e. The summed E-state index contributed by atoms with van der Waals surface area (Å²) < 4.78 is 33.2. The summed E-state index contributed by atoms with van der Waals surface area (Å²) in [5.41, 5.74) is 2.30. The van der Waals surface area contributed by atoms with Crippen molar-refractivity contribution in [3.05, 3.63) is 78.3 Å². The minimum Gasteiger partial charge on any atom is -0.459 e. The van der Waals surface area contributed by atoms with Crippen LogP contribution in [0.25, 0.3) is 0 Å². The van der Waals surface area contributed by atoms with Crippen LogP contribution in [0.4, 0.5) is 11.4 Å². The Morgan fingerprint density at radius 2 is 1.66 bits per heavy atom. The molecule has 0 aliphatic carbocycles. The predicted molar refractivity (Wildman–Crippen MR) is 132 cm³/mol. The van der Waals surface area contributed by atoms with Crippen LogP contribution in [0, 0.1) is 5.92 Å². The molecule has 0 saturated carbocycles. The topological polar surface area (TPSA) is 99.9 Å². The number of carbonyl (C=O) groups excluding carboxylic acids is 2. The first-order valence-electron chi connectivity index (χ1n) is 11.8. The summed E-state index contributed by atoms with van der Waals surface area (Å²) in [6.07, 6.45) is 4.22. The second-order valence-electron chi connectivity index (χ2n) is 8.87. The highest BCUT2D eigenvalue weighted by molar-refractivity contribution is 7.92. The number of furan rings is 1. The zero-order chi connectivity index (χ0) is 24.4. The van der Waals surface area contributed by atoms with Crippen LogP contribution in [0.15, 0.2) is 76.2 Å². The lowest BCUT2D eigenvalue weighted by molar-refractivity contribution is -0.121. The summed E-state index contributed by atoms with van der Waals surface area (Å²) in [6, 6.07) is 17.2. The summed E-state index contributed by atoms with van der Waals surface area (Å²) in [5.74, 6) is -0.211. The Bertz CT molecular complexity index is 1310. The fourth-order valence-electron chi connectivity index (χ4n) is 4.73. The molecule has 0 radical (unpaired) electrons. The molecule has 0 atom stereocenters. The zero-order valence-electron chi connectivity index (χ0n) is 19.2. The molecule has 182 valence electrons. The standard InChI is InChI=1S/C26H27N3O5S/c30-25(20-13-16-28(17-14-20)26(31)24-8-4-18-34-24)27-21-9-11-22(12-10-21)35(32,33)29-15-3-6-19-5-1-2-7-23(19)29/h1-2,4-5,7-12,18,20H,3,6,13-17H2,(H,27,30). The number of anilines is 2. The van der Waals surface area contributed by atoms with Crippen LogP contribution in [0.3, 0.4) is 0 Å². The quantitative estimate of drug-likeness (QED) is 0.581. The highest BCUT2D eigenvalue weighted by Gasteiger charge is 2.30. The van der Waals surface area contributed by atoms with Crippen molar-refractivity contribution in [1.82, 2.24) is 4.90 Å². The van der Waals surface area contributed by atoms with Gasteiger partial charge in [0, 0.05) is 31.2 Å². The van der Waals surface area contributed by atoms with E-state index in [1.165, 1.54) is 22.7 Å². The molecular formula is C26H27N3O5S. The molecule has 0 bridgehead atoms. The number of nitrogens with zero attached hydrogens (tertiary/aromatic N) is 2. The van der Waals surface area contributed by atoms with E-state index in [1.807, 2.05) is 24.3 Å². The van der Waals surface area contributed by atoms with Crippen LogP contribution in [0.1, 0.15) is 35.4 Å². The molecule has 9 heteroatoms. The van der Waals surface area contributed by atoms with E-state index in [2.05, 4.69) is 5.32 Å². The zero-order valence-corrected chi connectivity index (χ0v) is 20.0. The van der Waals surface area contributed by atoms with Crippen molar-refractivity contribution < 1.29 is 22.4 Å². The molecule has 3 aromatic rings. The van der Waals surface area contributed by atoms with Crippen molar-refractivity contribution >= 4 is 33.2 Å². The highest BCUT2D eigenvalue weighted by atomic mass is 32.2. The first kappa shape index (κ1) is 23.2. The molecule has 1 fully saturated rings. The number of carbonyl (C=O) groups is 2. The number of likely N-dealkylation sites (tertiary alicyclic amines) is 1. The van der Waals surface area contributed by atoms with Crippen molar-refractivity contribution in [3.8, 4) is 0 Å². The van der Waals surface area contributed by atoms with Gasteiger partial charge >= 0.3 is 0 Å². The number of amides is 2. The van der Waals surface area contributed by atoms with Gasteiger partial charge in [0.15, 0.2) is 5.76 Å². The maximum atomic E-state index is 13.3. The van der Waals surface area contributed by atoms with Gasteiger partial charge in [-0.1, -0.05) is 18.2 Å². The number of para-hydroxylation sites is 1. The summed E-state index contributed by atoms with van der Waals surface area (Å²) in [7, 11) is -3.70. The van der Waals surface area contributed by atoms with Gasteiger partial charge in [-0.25, -0.2) is 8.42 Å². The molecule has 5 rings (SSSR count). The average Bonchev–Trinajstić information content (AvgIpc) is 3.43. The van der Waals surface area contributed by atoms with Gasteiger partial charge in [0.05, 0.1) is 16.8 Å². The molecule has 1 saturated heterocycles. The Kier molecular flexibility index (Phi) is 6.34. The smallest absolute Gasteiger partial charge is 0.289 e. The molecule has 2 aliphatic heterocycles. The Labute approximate surface area is 204 Å². The van der Waals surface area contributed by atoms with Crippen LogP contribution < -0.4 is 9.62 Å². The van der Waals surface area contributed by atoms with Crippen LogP contribution in [-0.4, -0.2) is 44.8 Å². The number of nitrogens with one attached hydrogen (secondary N) is 1. The van der Waals surface area contributed by atoms with Gasteiger partial charge in [0.25, 0.3) is 15.9 Å². The second kappa shape index (κ2) is 9.58. The molecule has 3 heterocycles. The van der Waals surface area contributed by atoms with Crippen molar-refractivity contribution in [2.24, 2.45) is 5.92 Å². The van der Waals surface area contributed by atoms with Crippen LogP contribution >= 0.6 is 0 Å². The number of piperidine rings is 1. The average molecular weight is 494 g/mol. The van der Waals surface area contributed by atoms with Crippen LogP contribution in [0.5, 0.6) is 0 Å². The third kappa shape index (κ3) is 4.68. The molecule has 8 nitrogen and oxygen atoms in total. The van der Waals surface area contributed by atoms with Gasteiger partial charge in [0.2, 0.25) is 5.91 Å². The van der Waals surface area contributed by atoms with E-state index < -0.39 is 10.0 Å². The van der Waals surface area contributed by atoms with E-state index >= 15 is 0 Å². The van der Waals surface area contributed by atoms with Gasteiger partial charge < -0.3 is 14.6 Å². The Morgan fingerprint density at radius 1 is 0.914 bits per heavy atom. The number of hydrogen-bond donors (Lipinski definition) is 1. The summed E-state index contributed by atoms with van der Waals surface area (Å²) >= 11 is 0. The minimum absolute atomic E-state index is 0.129. The van der Waals surface area contributed by atoms with Gasteiger partial charge in [0.1, 0.15) is 0 Å². The van der Waals surface area contributed by atoms with E-state index in [4.69, 9.17) is 4.42 Å². The summed E-state index contributed by atoms with van der Waals surface area (Å²) in [4.78, 5) is 27.1. The lowest BCUT2D eigenvalue weighted by Crippen LogP contribution is -2.41. The fourth-order valence-corrected chi connectivity index (χ4v) is 6.27. The fraction of sp³-hybridized carbons (Fsp3) is 0.308. The van der Waals surface area contributed by atoms with Crippen molar-refractivity contribution in [3.63, 3.8) is 0 Å². The number of fused-ring (bicyclic) bond motifs is 1. The molecule has 2 amide bonds. The van der Waals surface area contributed by atoms with Gasteiger partial charge in [-0.3, -0.25) is 13.9 Å². The van der Waals surface area contributed by atoms with Crippen molar-refractivity contribution in [1.29, 1.82) is 0 Å². The van der Waals surface area contributed by atoms with E-state index in [-0.39, 0.29) is 22.6 Å². The monoisotopic (exact) mass is 493 g/mol. The Hall–Kier alpha value is -3.59. The SMILES string of the molecule is O=C(Nc1ccc(S(=O)(=O)N2CCCc3ccccc32)cc1)C1CCN(C(=O)c2ccco2)CC1. The van der Waals surface area contributed by atoms with E-state index in [0.717, 1.165) is 24.1 Å². The van der Waals surface area contributed by atoms with E-state index in [9.17, 15) is 18.0 Å². The molecule has 1 aromatic heterocycles. The lowest BCUT2D eigenvalue weighted by Gasteiger charge is -2.31. The molecule has 35 heavy (non-hydrogen) atoms. The molecular weight excluding hydrogens is 466 g/mol. The third-order valence-corrected chi connectivity index (χ3v) is 8.49. The molecule has 2 aromatic carbocycles. The number of hydrogen-bond acceptors (Lipinski definition) is 5. The lowest BCUT2D eigenvalue weighted by atomic mass is 9.95. The molecule has 0 unspecified atom stereocenters. The first-order valence-corrected chi connectivity index (χ1v) is 13.2. The molecule has 2 aliphatic rings. The normalized spacial score (nSPS) is 16.6. The number of rotatable bonds is 5. The van der Waals surface area contributed by atoms with Crippen LogP contribution in [0.2, 0.25) is 0 Å². The number of aryl methyl sites for hydroxylation is 1. The van der Waals surface area contributed by atoms with E-state index in [1.54, 1.807) is 29.2 Å². The predicted octanol–water partition coefficient (Wildman–Crippen LogP) is 3.91. The minimum atomic E-state index is -3.70. The summed E-state index contributed by atoms with van der Waals surface area (Å²) in [5, 5.41) is 2.89. The van der Waals surface area contributed by atoms with Crippen molar-refractivity contribution in [2.75, 3.05) is 29.3 Å². The highest BCUT2D eigenvalue weighted by Crippen LogP contribution is 2.32. The Balaban J connectivity index is 1.21. The first-order chi connectivity index (χ1) is 16.9.